The smallest absolute Gasteiger partial charge is 0.407 e. The van der Waals surface area contributed by atoms with Gasteiger partial charge in [-0.15, -0.1) is 0 Å². The number of nitrogens with two attached hydrogens (primary N) is 1. The van der Waals surface area contributed by atoms with Crippen LogP contribution in [0.25, 0.3) is 0 Å². The highest BCUT2D eigenvalue weighted by Crippen LogP contribution is 2.16. The second kappa shape index (κ2) is 7.79. The zero-order chi connectivity index (χ0) is 16.9. The first-order chi connectivity index (χ1) is 10.9. The van der Waals surface area contributed by atoms with Crippen LogP contribution in [0.1, 0.15) is 31.9 Å². The van der Waals surface area contributed by atoms with E-state index in [1.54, 1.807) is 0 Å². The van der Waals surface area contributed by atoms with Crippen molar-refractivity contribution >= 4 is 6.09 Å². The third kappa shape index (κ3) is 5.52. The summed E-state index contributed by atoms with van der Waals surface area (Å²) in [5.74, 6) is 0. The molecule has 1 amide bonds. The molecule has 1 atom stereocenters. The maximum atomic E-state index is 11.8. The van der Waals surface area contributed by atoms with Crippen molar-refractivity contribution in [2.24, 2.45) is 5.73 Å². The fourth-order valence-corrected chi connectivity index (χ4v) is 2.93. The number of carbonyl (C=O) groups is 1. The molecule has 0 saturated carbocycles. The topological polar surface area (TPSA) is 67.6 Å². The molecule has 1 unspecified atom stereocenters. The summed E-state index contributed by atoms with van der Waals surface area (Å²) in [6.45, 7) is 8.55. The van der Waals surface area contributed by atoms with Crippen molar-refractivity contribution in [3.8, 4) is 0 Å². The number of nitrogens with one attached hydrogen (secondary N) is 1. The lowest BCUT2D eigenvalue weighted by Crippen LogP contribution is -2.49. The van der Waals surface area contributed by atoms with Crippen LogP contribution in [0.15, 0.2) is 24.3 Å². The number of amides is 1. The van der Waals surface area contributed by atoms with E-state index in [1.165, 1.54) is 11.1 Å². The van der Waals surface area contributed by atoms with Crippen LogP contribution in [0.2, 0.25) is 0 Å². The monoisotopic (exact) mass is 319 g/mol. The SMILES string of the molecule is CC(C)(C)OC(=O)NCC(CN)N1CCc2ccccc2CC1. The van der Waals surface area contributed by atoms with E-state index in [2.05, 4.69) is 34.5 Å². The number of benzene rings is 1. The number of fused-ring (bicyclic) bond motifs is 1. The Hall–Kier alpha value is -1.59. The van der Waals surface area contributed by atoms with Gasteiger partial charge < -0.3 is 15.8 Å². The summed E-state index contributed by atoms with van der Waals surface area (Å²) < 4.78 is 5.29. The zero-order valence-electron chi connectivity index (χ0n) is 14.5. The van der Waals surface area contributed by atoms with Crippen LogP contribution >= 0.6 is 0 Å². The highest BCUT2D eigenvalue weighted by molar-refractivity contribution is 5.67. The molecule has 1 aromatic rings. The minimum Gasteiger partial charge on any atom is -0.444 e. The average Bonchev–Trinajstić information content (AvgIpc) is 2.69. The van der Waals surface area contributed by atoms with Gasteiger partial charge in [-0.3, -0.25) is 4.90 Å². The molecule has 2 rings (SSSR count). The Kier molecular flexibility index (Phi) is 6.02. The van der Waals surface area contributed by atoms with Gasteiger partial charge in [0.2, 0.25) is 0 Å². The molecule has 0 bridgehead atoms. The summed E-state index contributed by atoms with van der Waals surface area (Å²) in [5, 5.41) is 2.85. The lowest BCUT2D eigenvalue weighted by molar-refractivity contribution is 0.0508. The first kappa shape index (κ1) is 17.8. The zero-order valence-corrected chi connectivity index (χ0v) is 14.5. The number of rotatable bonds is 4. The van der Waals surface area contributed by atoms with Crippen LogP contribution in [0.4, 0.5) is 4.79 Å². The summed E-state index contributed by atoms with van der Waals surface area (Å²) in [4.78, 5) is 14.2. The lowest BCUT2D eigenvalue weighted by Gasteiger charge is -2.30. The molecule has 0 radical (unpaired) electrons. The number of nitrogens with zero attached hydrogens (tertiary/aromatic N) is 1. The van der Waals surface area contributed by atoms with Crippen LogP contribution in [0.5, 0.6) is 0 Å². The molecule has 0 saturated heterocycles. The number of carbonyl (C=O) groups excluding carboxylic acids is 1. The van der Waals surface area contributed by atoms with E-state index in [9.17, 15) is 4.79 Å². The van der Waals surface area contributed by atoms with Gasteiger partial charge in [-0.25, -0.2) is 4.79 Å². The summed E-state index contributed by atoms with van der Waals surface area (Å²) in [5.41, 5.74) is 8.30. The van der Waals surface area contributed by atoms with Crippen LogP contribution in [-0.4, -0.2) is 48.8 Å². The Morgan fingerprint density at radius 2 is 1.83 bits per heavy atom. The van der Waals surface area contributed by atoms with Crippen molar-refractivity contribution in [1.29, 1.82) is 0 Å². The van der Waals surface area contributed by atoms with Crippen molar-refractivity contribution in [3.05, 3.63) is 35.4 Å². The highest BCUT2D eigenvalue weighted by Gasteiger charge is 2.22. The number of ether oxygens (including phenoxy) is 1. The van der Waals surface area contributed by atoms with E-state index in [-0.39, 0.29) is 12.1 Å². The Morgan fingerprint density at radius 3 is 2.30 bits per heavy atom. The average molecular weight is 319 g/mol. The Labute approximate surface area is 139 Å². The molecule has 0 aromatic heterocycles. The summed E-state index contributed by atoms with van der Waals surface area (Å²) in [6, 6.07) is 8.74. The van der Waals surface area contributed by atoms with E-state index < -0.39 is 5.60 Å². The molecule has 1 aliphatic rings. The number of hydrogen-bond donors (Lipinski definition) is 2. The summed E-state index contributed by atoms with van der Waals surface area (Å²) >= 11 is 0. The van der Waals surface area contributed by atoms with Crippen molar-refractivity contribution in [2.45, 2.75) is 45.3 Å². The fraction of sp³-hybridized carbons (Fsp3) is 0.611. The first-order valence-corrected chi connectivity index (χ1v) is 8.37. The van der Waals surface area contributed by atoms with E-state index in [4.69, 9.17) is 10.5 Å². The minimum absolute atomic E-state index is 0.136. The van der Waals surface area contributed by atoms with Gasteiger partial charge in [0.1, 0.15) is 5.60 Å². The lowest BCUT2D eigenvalue weighted by atomic mass is 10.0. The van der Waals surface area contributed by atoms with Crippen LogP contribution < -0.4 is 11.1 Å². The molecule has 3 N–H and O–H groups in total. The van der Waals surface area contributed by atoms with Gasteiger partial charge in [-0.1, -0.05) is 24.3 Å². The van der Waals surface area contributed by atoms with Gasteiger partial charge in [-0.2, -0.15) is 0 Å². The molecule has 1 aromatic carbocycles. The molecule has 1 heterocycles. The molecule has 1 aliphatic heterocycles. The molecule has 0 fully saturated rings. The highest BCUT2D eigenvalue weighted by atomic mass is 16.6. The first-order valence-electron chi connectivity index (χ1n) is 8.37. The quantitative estimate of drug-likeness (QED) is 0.890. The number of alkyl carbamates (subject to hydrolysis) is 1. The molecule has 5 heteroatoms. The Balaban J connectivity index is 1.88. The van der Waals surface area contributed by atoms with E-state index in [0.29, 0.717) is 13.1 Å². The van der Waals surface area contributed by atoms with Crippen LogP contribution in [-0.2, 0) is 17.6 Å². The molecule has 5 nitrogen and oxygen atoms in total. The van der Waals surface area contributed by atoms with Crippen LogP contribution in [0.3, 0.4) is 0 Å². The van der Waals surface area contributed by atoms with E-state index in [0.717, 1.165) is 25.9 Å². The van der Waals surface area contributed by atoms with Gasteiger partial charge in [0, 0.05) is 32.2 Å². The molecule has 0 aliphatic carbocycles. The van der Waals surface area contributed by atoms with Gasteiger partial charge >= 0.3 is 6.09 Å². The van der Waals surface area contributed by atoms with E-state index in [1.807, 2.05) is 20.8 Å². The third-order valence-corrected chi connectivity index (χ3v) is 4.12. The maximum Gasteiger partial charge on any atom is 0.407 e. The second-order valence-electron chi connectivity index (χ2n) is 7.08. The van der Waals surface area contributed by atoms with Crippen molar-refractivity contribution in [1.82, 2.24) is 10.2 Å². The fourth-order valence-electron chi connectivity index (χ4n) is 2.93. The summed E-state index contributed by atoms with van der Waals surface area (Å²) in [6.07, 6.45) is 1.67. The van der Waals surface area contributed by atoms with Gasteiger partial charge in [0.05, 0.1) is 0 Å². The molecule has 0 spiro atoms. The van der Waals surface area contributed by atoms with Crippen LogP contribution in [0, 0.1) is 0 Å². The normalized spacial score (nSPS) is 17.0. The van der Waals surface area contributed by atoms with E-state index >= 15 is 0 Å². The third-order valence-electron chi connectivity index (χ3n) is 4.12. The van der Waals surface area contributed by atoms with Gasteiger partial charge in [0.15, 0.2) is 0 Å². The molecular formula is C18H29N3O2. The largest absolute Gasteiger partial charge is 0.444 e. The van der Waals surface area contributed by atoms with Crippen molar-refractivity contribution < 1.29 is 9.53 Å². The molecular weight excluding hydrogens is 290 g/mol. The van der Waals surface area contributed by atoms with Gasteiger partial charge in [0.25, 0.3) is 0 Å². The predicted octanol–water partition coefficient (Wildman–Crippen LogP) is 1.94. The maximum absolute atomic E-state index is 11.8. The Morgan fingerprint density at radius 1 is 1.26 bits per heavy atom. The predicted molar refractivity (Wildman–Crippen MR) is 92.5 cm³/mol. The standard InChI is InChI=1S/C18H29N3O2/c1-18(2,3)23-17(22)20-13-16(12-19)21-10-8-14-6-4-5-7-15(14)9-11-21/h4-7,16H,8-13,19H2,1-3H3,(H,20,22). The van der Waals surface area contributed by atoms with Gasteiger partial charge in [-0.05, 0) is 44.7 Å². The minimum atomic E-state index is -0.480. The summed E-state index contributed by atoms with van der Waals surface area (Å²) in [7, 11) is 0. The number of hydrogen-bond acceptors (Lipinski definition) is 4. The molecule has 23 heavy (non-hydrogen) atoms. The second-order valence-corrected chi connectivity index (χ2v) is 7.08. The van der Waals surface area contributed by atoms with Crippen molar-refractivity contribution in [2.75, 3.05) is 26.2 Å². The molecule has 128 valence electrons. The van der Waals surface area contributed by atoms with Crippen molar-refractivity contribution in [3.63, 3.8) is 0 Å². The Bertz CT molecular complexity index is 498.